The number of aryl methyl sites for hydroxylation is 1. The summed E-state index contributed by atoms with van der Waals surface area (Å²) in [6.07, 6.45) is 2.69. The molecule has 0 aliphatic heterocycles. The number of nitro groups is 1. The number of nitrogens with zero attached hydrogens (tertiary/aromatic N) is 4. The fourth-order valence-corrected chi connectivity index (χ4v) is 2.35. The molecule has 2 N–H and O–H groups in total. The lowest BCUT2D eigenvalue weighted by atomic mass is 10.1. The Kier molecular flexibility index (Phi) is 5.23. The monoisotopic (exact) mass is 370 g/mol. The molecular formula is C17H15ClN6O2. The Morgan fingerprint density at radius 2 is 1.81 bits per heavy atom. The molecule has 0 aliphatic carbocycles. The van der Waals surface area contributed by atoms with Crippen LogP contribution in [0, 0.1) is 17.0 Å². The quantitative estimate of drug-likeness (QED) is 0.497. The van der Waals surface area contributed by atoms with E-state index in [4.69, 9.17) is 11.6 Å². The first kappa shape index (κ1) is 17.6. The number of halogens is 1. The van der Waals surface area contributed by atoms with E-state index in [2.05, 4.69) is 25.6 Å². The molecule has 0 saturated heterocycles. The fraction of sp³-hybridized carbons (Fsp3) is 0.118. The molecule has 0 spiro atoms. The molecule has 9 heteroatoms. The van der Waals surface area contributed by atoms with E-state index in [9.17, 15) is 10.1 Å². The van der Waals surface area contributed by atoms with Crippen molar-refractivity contribution in [3.63, 3.8) is 0 Å². The number of aromatic nitrogens is 3. The average molecular weight is 371 g/mol. The third-order valence-corrected chi connectivity index (χ3v) is 3.78. The number of pyridine rings is 1. The number of hydrogen-bond acceptors (Lipinski definition) is 7. The molecule has 0 atom stereocenters. The van der Waals surface area contributed by atoms with Gasteiger partial charge >= 0.3 is 5.69 Å². The highest BCUT2D eigenvalue weighted by molar-refractivity contribution is 6.30. The van der Waals surface area contributed by atoms with Crippen LogP contribution < -0.4 is 10.6 Å². The van der Waals surface area contributed by atoms with E-state index in [1.807, 2.05) is 31.2 Å². The lowest BCUT2D eigenvalue weighted by molar-refractivity contribution is -0.383. The van der Waals surface area contributed by atoms with Crippen LogP contribution in [0.5, 0.6) is 0 Å². The molecule has 0 amide bonds. The number of anilines is 3. The summed E-state index contributed by atoms with van der Waals surface area (Å²) in [4.78, 5) is 23.0. The van der Waals surface area contributed by atoms with Crippen LogP contribution in [0.1, 0.15) is 11.1 Å². The molecule has 0 radical (unpaired) electrons. The third kappa shape index (κ3) is 4.22. The molecule has 2 aromatic heterocycles. The molecule has 3 aromatic rings. The van der Waals surface area contributed by atoms with E-state index in [-0.39, 0.29) is 17.3 Å². The molecule has 8 nitrogen and oxygen atoms in total. The second kappa shape index (κ2) is 7.75. The largest absolute Gasteiger partial charge is 0.360 e. The molecule has 0 bridgehead atoms. The highest BCUT2D eigenvalue weighted by Gasteiger charge is 2.23. The van der Waals surface area contributed by atoms with Crippen molar-refractivity contribution >= 4 is 34.7 Å². The smallest absolute Gasteiger partial charge is 0.353 e. The van der Waals surface area contributed by atoms with Crippen molar-refractivity contribution in [2.45, 2.75) is 13.5 Å². The van der Waals surface area contributed by atoms with Gasteiger partial charge in [-0.2, -0.15) is 0 Å². The predicted octanol–water partition coefficient (Wildman–Crippen LogP) is 4.10. The van der Waals surface area contributed by atoms with Gasteiger partial charge in [0, 0.05) is 12.7 Å². The van der Waals surface area contributed by atoms with Crippen molar-refractivity contribution in [3.8, 4) is 0 Å². The minimum atomic E-state index is -0.532. The van der Waals surface area contributed by atoms with Gasteiger partial charge in [0.1, 0.15) is 12.1 Å². The summed E-state index contributed by atoms with van der Waals surface area (Å²) in [7, 11) is 0. The van der Waals surface area contributed by atoms with Crippen LogP contribution in [0.25, 0.3) is 0 Å². The average Bonchev–Trinajstić information content (AvgIpc) is 2.63. The molecule has 26 heavy (non-hydrogen) atoms. The third-order valence-electron chi connectivity index (χ3n) is 3.56. The van der Waals surface area contributed by atoms with Gasteiger partial charge in [-0.05, 0) is 24.6 Å². The van der Waals surface area contributed by atoms with Gasteiger partial charge in [-0.15, -0.1) is 0 Å². The van der Waals surface area contributed by atoms with Gasteiger partial charge < -0.3 is 10.6 Å². The normalized spacial score (nSPS) is 10.4. The fourth-order valence-electron chi connectivity index (χ4n) is 2.24. The Hall–Kier alpha value is -3.26. The van der Waals surface area contributed by atoms with Gasteiger partial charge in [0.25, 0.3) is 0 Å². The van der Waals surface area contributed by atoms with Crippen LogP contribution in [-0.2, 0) is 6.54 Å². The molecule has 0 unspecified atom stereocenters. The maximum absolute atomic E-state index is 11.5. The minimum absolute atomic E-state index is 0.0474. The van der Waals surface area contributed by atoms with E-state index in [0.717, 1.165) is 11.1 Å². The SMILES string of the molecule is Cc1ccc(CNc2ncnc(Nc3ccc(Cl)cn3)c2[N+](=O)[O-])cc1. The topological polar surface area (TPSA) is 106 Å². The van der Waals surface area contributed by atoms with Crippen LogP contribution in [-0.4, -0.2) is 19.9 Å². The van der Waals surface area contributed by atoms with E-state index >= 15 is 0 Å². The number of hydrogen-bond donors (Lipinski definition) is 2. The zero-order valence-corrected chi connectivity index (χ0v) is 14.6. The van der Waals surface area contributed by atoms with E-state index in [1.165, 1.54) is 12.5 Å². The van der Waals surface area contributed by atoms with E-state index in [1.54, 1.807) is 12.1 Å². The van der Waals surface area contributed by atoms with Crippen molar-refractivity contribution in [1.29, 1.82) is 0 Å². The van der Waals surface area contributed by atoms with Crippen LogP contribution in [0.3, 0.4) is 0 Å². The zero-order valence-electron chi connectivity index (χ0n) is 13.8. The molecule has 2 heterocycles. The second-order valence-corrected chi connectivity index (χ2v) is 5.94. The Balaban J connectivity index is 1.84. The summed E-state index contributed by atoms with van der Waals surface area (Å²) in [5, 5.41) is 17.8. The van der Waals surface area contributed by atoms with E-state index in [0.29, 0.717) is 17.4 Å². The number of nitrogens with one attached hydrogen (secondary N) is 2. The maximum Gasteiger partial charge on any atom is 0.353 e. The van der Waals surface area contributed by atoms with Crippen molar-refractivity contribution in [1.82, 2.24) is 15.0 Å². The first-order valence-corrected chi connectivity index (χ1v) is 8.08. The summed E-state index contributed by atoms with van der Waals surface area (Å²) in [5.74, 6) is 0.564. The van der Waals surface area contributed by atoms with Gasteiger partial charge in [-0.1, -0.05) is 41.4 Å². The van der Waals surface area contributed by atoms with Crippen LogP contribution in [0.2, 0.25) is 5.02 Å². The van der Waals surface area contributed by atoms with Gasteiger partial charge in [0.15, 0.2) is 0 Å². The molecular weight excluding hydrogens is 356 g/mol. The Bertz CT molecular complexity index is 916. The van der Waals surface area contributed by atoms with Crippen molar-refractivity contribution in [3.05, 3.63) is 75.2 Å². The molecule has 0 aliphatic rings. The molecule has 0 fully saturated rings. The van der Waals surface area contributed by atoms with Crippen molar-refractivity contribution < 1.29 is 4.92 Å². The standard InChI is InChI=1S/C17H15ClN6O2/c1-11-2-4-12(5-3-11)8-20-16-15(24(25)26)17(22-10-21-16)23-14-7-6-13(18)9-19-14/h2-7,9-10H,8H2,1H3,(H2,19,20,21,22,23). The van der Waals surface area contributed by atoms with Gasteiger partial charge in [0.05, 0.1) is 9.95 Å². The summed E-state index contributed by atoms with van der Waals surface area (Å²) < 4.78 is 0. The van der Waals surface area contributed by atoms with Crippen LogP contribution in [0.4, 0.5) is 23.1 Å². The lowest BCUT2D eigenvalue weighted by Gasteiger charge is -2.10. The summed E-state index contributed by atoms with van der Waals surface area (Å²) >= 11 is 5.80. The summed E-state index contributed by atoms with van der Waals surface area (Å²) in [6, 6.07) is 11.1. The second-order valence-electron chi connectivity index (χ2n) is 5.50. The molecule has 0 saturated carbocycles. The Morgan fingerprint density at radius 1 is 1.08 bits per heavy atom. The Labute approximate surface area is 154 Å². The number of benzene rings is 1. The summed E-state index contributed by atoms with van der Waals surface area (Å²) in [6.45, 7) is 2.39. The first-order chi connectivity index (χ1) is 12.5. The maximum atomic E-state index is 11.5. The van der Waals surface area contributed by atoms with Gasteiger partial charge in [0.2, 0.25) is 11.6 Å². The predicted molar refractivity (Wildman–Crippen MR) is 99.7 cm³/mol. The lowest BCUT2D eigenvalue weighted by Crippen LogP contribution is -2.08. The highest BCUT2D eigenvalue weighted by Crippen LogP contribution is 2.31. The van der Waals surface area contributed by atoms with Gasteiger partial charge in [-0.25, -0.2) is 15.0 Å². The van der Waals surface area contributed by atoms with Crippen molar-refractivity contribution in [2.75, 3.05) is 10.6 Å². The molecule has 132 valence electrons. The van der Waals surface area contributed by atoms with E-state index < -0.39 is 4.92 Å². The van der Waals surface area contributed by atoms with Gasteiger partial charge in [-0.3, -0.25) is 10.1 Å². The molecule has 3 rings (SSSR count). The Morgan fingerprint density at radius 3 is 2.46 bits per heavy atom. The minimum Gasteiger partial charge on any atom is -0.360 e. The van der Waals surface area contributed by atoms with Crippen molar-refractivity contribution in [2.24, 2.45) is 0 Å². The van der Waals surface area contributed by atoms with Crippen LogP contribution >= 0.6 is 11.6 Å². The number of rotatable bonds is 6. The van der Waals surface area contributed by atoms with Crippen LogP contribution in [0.15, 0.2) is 48.9 Å². The summed E-state index contributed by atoms with van der Waals surface area (Å²) in [5.41, 5.74) is 1.87. The first-order valence-electron chi connectivity index (χ1n) is 7.70. The zero-order chi connectivity index (χ0) is 18.5. The molecule has 1 aromatic carbocycles. The highest BCUT2D eigenvalue weighted by atomic mass is 35.5.